The molecule has 0 aliphatic heterocycles. The van der Waals surface area contributed by atoms with Crippen LogP contribution in [0, 0.1) is 16.7 Å². The number of ketones is 2. The van der Waals surface area contributed by atoms with Gasteiger partial charge in [0, 0.05) is 24.7 Å². The molecule has 4 rings (SSSR count). The number of carbonyl (C=O) groups excluding carboxylic acids is 4. The summed E-state index contributed by atoms with van der Waals surface area (Å²) in [5, 5.41) is 11.4. The second-order valence-electron chi connectivity index (χ2n) is 9.90. The first kappa shape index (κ1) is 22.6. The van der Waals surface area contributed by atoms with E-state index in [-0.39, 0.29) is 18.1 Å². The van der Waals surface area contributed by atoms with Crippen molar-refractivity contribution < 1.29 is 33.8 Å². The molecule has 0 bridgehead atoms. The summed E-state index contributed by atoms with van der Waals surface area (Å²) < 4.78 is 10.7. The number of hydrogen-bond acceptors (Lipinski definition) is 7. The van der Waals surface area contributed by atoms with Crippen LogP contribution < -0.4 is 0 Å². The quantitative estimate of drug-likeness (QED) is 0.527. The van der Waals surface area contributed by atoms with Crippen molar-refractivity contribution in [2.45, 2.75) is 71.5 Å². The predicted molar refractivity (Wildman–Crippen MR) is 114 cm³/mol. The molecule has 7 heteroatoms. The molecule has 0 radical (unpaired) electrons. The molecule has 1 saturated carbocycles. The highest BCUT2D eigenvalue weighted by molar-refractivity contribution is 6.01. The summed E-state index contributed by atoms with van der Waals surface area (Å²) in [6.45, 7) is 5.96. The zero-order valence-electron chi connectivity index (χ0n) is 19.0. The van der Waals surface area contributed by atoms with Gasteiger partial charge in [-0.15, -0.1) is 0 Å². The molecular formula is C25H30O7. The van der Waals surface area contributed by atoms with Crippen molar-refractivity contribution >= 4 is 23.5 Å². The summed E-state index contributed by atoms with van der Waals surface area (Å²) in [5.41, 5.74) is 0.179. The smallest absolute Gasteiger partial charge is 0.303 e. The molecule has 0 aromatic rings. The minimum absolute atomic E-state index is 0.0394. The SMILES string of the molecule is CC(=O)OCC(=O)[C@@]1(OC(C)=O)CC[C@H]2C3=C(C(O)C[C@@]21C)[C@@]1(C)C=CC(=O)C=C1CC3. The fraction of sp³-hybridized carbons (Fsp3) is 0.600. The Hall–Kier alpha value is -2.54. The highest BCUT2D eigenvalue weighted by Gasteiger charge is 2.67. The second-order valence-corrected chi connectivity index (χ2v) is 9.90. The molecule has 172 valence electrons. The monoisotopic (exact) mass is 442 g/mol. The molecule has 32 heavy (non-hydrogen) atoms. The van der Waals surface area contributed by atoms with E-state index in [1.54, 1.807) is 12.2 Å². The van der Waals surface area contributed by atoms with Crippen LogP contribution in [0.3, 0.4) is 0 Å². The number of fused-ring (bicyclic) bond motifs is 4. The van der Waals surface area contributed by atoms with E-state index < -0.39 is 46.9 Å². The Morgan fingerprint density at radius 1 is 1.16 bits per heavy atom. The molecule has 0 amide bonds. The van der Waals surface area contributed by atoms with Crippen LogP contribution in [-0.4, -0.2) is 46.9 Å². The van der Waals surface area contributed by atoms with E-state index in [4.69, 9.17) is 9.47 Å². The van der Waals surface area contributed by atoms with E-state index in [2.05, 4.69) is 0 Å². The second kappa shape index (κ2) is 7.51. The van der Waals surface area contributed by atoms with Gasteiger partial charge in [-0.05, 0) is 62.7 Å². The van der Waals surface area contributed by atoms with Gasteiger partial charge < -0.3 is 14.6 Å². The van der Waals surface area contributed by atoms with Gasteiger partial charge in [-0.25, -0.2) is 0 Å². The van der Waals surface area contributed by atoms with Crippen molar-refractivity contribution in [2.24, 2.45) is 16.7 Å². The van der Waals surface area contributed by atoms with E-state index in [0.29, 0.717) is 25.7 Å². The normalized spacial score (nSPS) is 37.8. The molecule has 0 saturated heterocycles. The van der Waals surface area contributed by atoms with Crippen LogP contribution in [0.1, 0.15) is 59.8 Å². The third-order valence-electron chi connectivity index (χ3n) is 8.16. The molecule has 7 nitrogen and oxygen atoms in total. The standard InChI is InChI=1S/C25H30O7/c1-14(26)31-13-21(30)25(32-15(2)27)10-8-19-18-6-5-16-11-17(28)7-9-23(16,3)22(18)20(29)12-24(19,25)4/h7,9,11,19-20,29H,5-6,8,10,12-13H2,1-4H3/t19-,20?,23-,24-,25-/m0/s1. The molecule has 4 aliphatic rings. The van der Waals surface area contributed by atoms with Crippen LogP contribution in [0.5, 0.6) is 0 Å². The van der Waals surface area contributed by atoms with E-state index in [9.17, 15) is 24.3 Å². The lowest BCUT2D eigenvalue weighted by Crippen LogP contribution is -2.59. The Morgan fingerprint density at radius 3 is 2.53 bits per heavy atom. The number of hydrogen-bond donors (Lipinski definition) is 1. The van der Waals surface area contributed by atoms with Crippen molar-refractivity contribution in [1.29, 1.82) is 0 Å². The lowest BCUT2D eigenvalue weighted by Gasteiger charge is -2.53. The number of ether oxygens (including phenoxy) is 2. The van der Waals surface area contributed by atoms with Crippen LogP contribution in [0.15, 0.2) is 34.9 Å². The van der Waals surface area contributed by atoms with Crippen LogP contribution in [-0.2, 0) is 28.7 Å². The van der Waals surface area contributed by atoms with Crippen molar-refractivity contribution in [3.8, 4) is 0 Å². The fourth-order valence-electron chi connectivity index (χ4n) is 6.79. The average Bonchev–Trinajstić information content (AvgIpc) is 2.98. The lowest BCUT2D eigenvalue weighted by molar-refractivity contribution is -0.185. The Balaban J connectivity index is 1.80. The molecule has 0 aromatic carbocycles. The van der Waals surface area contributed by atoms with E-state index >= 15 is 0 Å². The average molecular weight is 443 g/mol. The first-order chi connectivity index (χ1) is 14.9. The van der Waals surface area contributed by atoms with Gasteiger partial charge in [0.15, 0.2) is 18.0 Å². The molecule has 0 heterocycles. The Bertz CT molecular complexity index is 1000. The Kier molecular flexibility index (Phi) is 5.31. The van der Waals surface area contributed by atoms with E-state index in [1.807, 2.05) is 19.9 Å². The third-order valence-corrected chi connectivity index (χ3v) is 8.16. The van der Waals surface area contributed by atoms with Gasteiger partial charge in [0.2, 0.25) is 5.78 Å². The summed E-state index contributed by atoms with van der Waals surface area (Å²) in [7, 11) is 0. The summed E-state index contributed by atoms with van der Waals surface area (Å²) in [6, 6.07) is 0. The van der Waals surface area contributed by atoms with Crippen molar-refractivity contribution in [2.75, 3.05) is 6.61 Å². The minimum Gasteiger partial charge on any atom is -0.458 e. The molecular weight excluding hydrogens is 412 g/mol. The summed E-state index contributed by atoms with van der Waals surface area (Å²) in [6.07, 6.45) is 6.81. The van der Waals surface area contributed by atoms with Gasteiger partial charge in [0.25, 0.3) is 0 Å². The summed E-state index contributed by atoms with van der Waals surface area (Å²) >= 11 is 0. The zero-order valence-corrected chi connectivity index (χ0v) is 19.0. The fourth-order valence-corrected chi connectivity index (χ4v) is 6.79. The number of allylic oxidation sites excluding steroid dienone is 5. The Labute approximate surface area is 187 Å². The van der Waals surface area contributed by atoms with Crippen molar-refractivity contribution in [3.05, 3.63) is 34.9 Å². The molecule has 1 fully saturated rings. The number of carbonyl (C=O) groups is 4. The highest BCUT2D eigenvalue weighted by atomic mass is 16.6. The third kappa shape index (κ3) is 3.12. The van der Waals surface area contributed by atoms with Crippen LogP contribution in [0.4, 0.5) is 0 Å². The maximum absolute atomic E-state index is 13.4. The minimum atomic E-state index is -1.46. The largest absolute Gasteiger partial charge is 0.458 e. The first-order valence-electron chi connectivity index (χ1n) is 11.2. The predicted octanol–water partition coefficient (Wildman–Crippen LogP) is 2.76. The molecule has 0 spiro atoms. The van der Waals surface area contributed by atoms with Crippen molar-refractivity contribution in [3.63, 3.8) is 0 Å². The molecule has 5 atom stereocenters. The number of esters is 2. The van der Waals surface area contributed by atoms with Crippen LogP contribution in [0.25, 0.3) is 0 Å². The molecule has 1 N–H and O–H groups in total. The zero-order chi connectivity index (χ0) is 23.5. The summed E-state index contributed by atoms with van der Waals surface area (Å²) in [5.74, 6) is -1.71. The number of aliphatic hydroxyl groups is 1. The first-order valence-corrected chi connectivity index (χ1v) is 11.2. The highest BCUT2D eigenvalue weighted by Crippen LogP contribution is 2.65. The van der Waals surface area contributed by atoms with Crippen LogP contribution in [0.2, 0.25) is 0 Å². The van der Waals surface area contributed by atoms with E-state index in [1.165, 1.54) is 13.8 Å². The van der Waals surface area contributed by atoms with E-state index in [0.717, 1.165) is 16.7 Å². The van der Waals surface area contributed by atoms with Gasteiger partial charge in [0.1, 0.15) is 0 Å². The van der Waals surface area contributed by atoms with Gasteiger partial charge in [-0.2, -0.15) is 0 Å². The number of Topliss-reactive ketones (excluding diaryl/α,β-unsaturated/α-hetero) is 1. The van der Waals surface area contributed by atoms with Crippen molar-refractivity contribution in [1.82, 2.24) is 0 Å². The topological polar surface area (TPSA) is 107 Å². The Morgan fingerprint density at radius 2 is 1.88 bits per heavy atom. The van der Waals surface area contributed by atoms with Gasteiger partial charge in [-0.1, -0.05) is 24.1 Å². The van der Waals surface area contributed by atoms with Gasteiger partial charge >= 0.3 is 11.9 Å². The summed E-state index contributed by atoms with van der Waals surface area (Å²) in [4.78, 5) is 48.7. The maximum atomic E-state index is 13.4. The molecule has 0 aromatic heterocycles. The number of rotatable bonds is 4. The van der Waals surface area contributed by atoms with Gasteiger partial charge in [-0.3, -0.25) is 19.2 Å². The lowest BCUT2D eigenvalue weighted by atomic mass is 9.52. The van der Waals surface area contributed by atoms with Gasteiger partial charge in [0.05, 0.1) is 6.10 Å². The molecule has 4 aliphatic carbocycles. The van der Waals surface area contributed by atoms with Crippen LogP contribution >= 0.6 is 0 Å². The number of aliphatic hydroxyl groups excluding tert-OH is 1. The molecule has 1 unspecified atom stereocenters. The maximum Gasteiger partial charge on any atom is 0.303 e.